The van der Waals surface area contributed by atoms with E-state index in [4.69, 9.17) is 14.2 Å². The van der Waals surface area contributed by atoms with Gasteiger partial charge >= 0.3 is 5.97 Å². The molecule has 0 radical (unpaired) electrons. The molecule has 1 aliphatic heterocycles. The third kappa shape index (κ3) is 38.2. The van der Waals surface area contributed by atoms with Crippen LogP contribution in [0.5, 0.6) is 0 Å². The van der Waals surface area contributed by atoms with E-state index >= 15 is 0 Å². The Morgan fingerprint density at radius 3 is 1.43 bits per heavy atom. The zero-order chi connectivity index (χ0) is 50.3. The summed E-state index contributed by atoms with van der Waals surface area (Å²) in [5.74, 6) is -0.245. The van der Waals surface area contributed by atoms with E-state index in [0.29, 0.717) is 19.4 Å². The number of esters is 1. The topological polar surface area (TPSA) is 175 Å². The monoisotopic (exact) mass is 978 g/mol. The molecule has 1 amide bonds. The van der Waals surface area contributed by atoms with Gasteiger partial charge in [-0.1, -0.05) is 217 Å². The van der Waals surface area contributed by atoms with E-state index in [1.54, 1.807) is 6.08 Å². The Balaban J connectivity index is 2.21. The second-order valence-corrected chi connectivity index (χ2v) is 20.0. The molecule has 0 aromatic rings. The summed E-state index contributed by atoms with van der Waals surface area (Å²) < 4.78 is 16.7. The van der Waals surface area contributed by atoms with Crippen LogP contribution < -0.4 is 5.32 Å². The quantitative estimate of drug-likeness (QED) is 0.0149. The second kappa shape index (κ2) is 48.2. The van der Waals surface area contributed by atoms with Crippen molar-refractivity contribution < 1.29 is 49.3 Å². The number of carbonyl (C=O) groups excluding carboxylic acids is 2. The molecular formula is C58H107NO10. The Morgan fingerprint density at radius 1 is 0.536 bits per heavy atom. The van der Waals surface area contributed by atoms with Gasteiger partial charge in [0.1, 0.15) is 24.4 Å². The first kappa shape index (κ1) is 64.9. The van der Waals surface area contributed by atoms with Gasteiger partial charge in [0, 0.05) is 12.8 Å². The van der Waals surface area contributed by atoms with Gasteiger partial charge in [-0.05, 0) is 64.2 Å². The Labute approximate surface area is 422 Å². The van der Waals surface area contributed by atoms with E-state index in [1.165, 1.54) is 128 Å². The average Bonchev–Trinajstić information content (AvgIpc) is 3.34. The number of aliphatic hydroxyl groups is 5. The highest BCUT2D eigenvalue weighted by atomic mass is 16.7. The first-order chi connectivity index (χ1) is 33.7. The summed E-state index contributed by atoms with van der Waals surface area (Å²) in [7, 11) is 0. The highest BCUT2D eigenvalue weighted by Gasteiger charge is 2.44. The lowest BCUT2D eigenvalue weighted by molar-refractivity contribution is -0.302. The number of allylic oxidation sites excluding steroid dienone is 5. The molecule has 0 spiro atoms. The number of hydrogen-bond acceptors (Lipinski definition) is 10. The van der Waals surface area contributed by atoms with E-state index in [1.807, 2.05) is 6.08 Å². The van der Waals surface area contributed by atoms with Crippen LogP contribution in [0.2, 0.25) is 0 Å². The second-order valence-electron chi connectivity index (χ2n) is 20.0. The molecule has 0 aromatic carbocycles. The van der Waals surface area contributed by atoms with Gasteiger partial charge in [0.25, 0.3) is 0 Å². The van der Waals surface area contributed by atoms with Gasteiger partial charge in [-0.2, -0.15) is 0 Å². The van der Waals surface area contributed by atoms with Crippen molar-refractivity contribution in [2.45, 2.75) is 301 Å². The van der Waals surface area contributed by atoms with Crippen molar-refractivity contribution >= 4 is 11.9 Å². The first-order valence-electron chi connectivity index (χ1n) is 28.8. The highest BCUT2D eigenvalue weighted by Crippen LogP contribution is 2.23. The van der Waals surface area contributed by atoms with Crippen LogP contribution in [0.25, 0.3) is 0 Å². The molecule has 11 heteroatoms. The minimum atomic E-state index is -1.58. The Bertz CT molecular complexity index is 1240. The standard InChI is InChI=1S/C58H107NO10/c1-3-5-7-9-11-13-15-16-18-21-25-28-32-36-40-44-51(61)50(49-68-58-57(66)56(65)55(64)52(48-60)69-58)59-53(62)45-41-37-33-29-26-22-19-17-20-23-27-31-35-39-43-47-67-54(63)46-42-38-34-30-24-14-12-10-8-6-4-2/h17,20,23,27,40,44,50-52,55-58,60-61,64-66H,3-16,18-19,21-22,24-26,28-39,41-43,45-49H2,1-2H3,(H,59,62)/b20-17-,27-23-,44-40+. The summed E-state index contributed by atoms with van der Waals surface area (Å²) in [6, 6.07) is -0.827. The molecule has 0 saturated carbocycles. The van der Waals surface area contributed by atoms with Gasteiger partial charge in [-0.15, -0.1) is 0 Å². The van der Waals surface area contributed by atoms with Gasteiger partial charge in [0.05, 0.1) is 32.0 Å². The molecule has 0 bridgehead atoms. The lowest BCUT2D eigenvalue weighted by Gasteiger charge is -2.40. The minimum absolute atomic E-state index is 0.0414. The Hall–Kier alpha value is -2.12. The van der Waals surface area contributed by atoms with Gasteiger partial charge in [-0.3, -0.25) is 9.59 Å². The molecular weight excluding hydrogens is 871 g/mol. The highest BCUT2D eigenvalue weighted by molar-refractivity contribution is 5.76. The number of nitrogens with one attached hydrogen (secondary N) is 1. The predicted molar refractivity (Wildman–Crippen MR) is 283 cm³/mol. The maximum absolute atomic E-state index is 13.0. The van der Waals surface area contributed by atoms with Crippen LogP contribution in [-0.2, 0) is 23.8 Å². The first-order valence-corrected chi connectivity index (χ1v) is 28.8. The lowest BCUT2D eigenvalue weighted by Crippen LogP contribution is -2.60. The largest absolute Gasteiger partial charge is 0.466 e. The summed E-state index contributed by atoms with van der Waals surface area (Å²) in [5, 5.41) is 54.4. The normalized spacial score (nSPS) is 19.6. The van der Waals surface area contributed by atoms with Crippen LogP contribution in [0, 0.1) is 0 Å². The molecule has 0 aromatic heterocycles. The molecule has 1 rings (SSSR count). The summed E-state index contributed by atoms with van der Waals surface area (Å²) >= 11 is 0. The fraction of sp³-hybridized carbons (Fsp3) is 0.862. The van der Waals surface area contributed by atoms with Crippen LogP contribution in [0.4, 0.5) is 0 Å². The maximum atomic E-state index is 13.0. The molecule has 11 nitrogen and oxygen atoms in total. The van der Waals surface area contributed by atoms with Crippen LogP contribution in [-0.4, -0.2) is 100 Å². The minimum Gasteiger partial charge on any atom is -0.466 e. The Morgan fingerprint density at radius 2 is 0.957 bits per heavy atom. The summed E-state index contributed by atoms with van der Waals surface area (Å²) in [6.45, 7) is 4.27. The van der Waals surface area contributed by atoms with Gasteiger partial charge in [0.15, 0.2) is 6.29 Å². The SMILES string of the molecule is CCCCCCCCCCCCCCC/C=C/C(O)C(COC1OC(CO)C(O)C(O)C1O)NC(=O)CCCCCCCC/C=C\C=C/CCCCCOC(=O)CCCCCCCCCCCCC. The van der Waals surface area contributed by atoms with E-state index in [2.05, 4.69) is 43.5 Å². The zero-order valence-electron chi connectivity index (χ0n) is 44.3. The van der Waals surface area contributed by atoms with Crippen molar-refractivity contribution in [3.63, 3.8) is 0 Å². The van der Waals surface area contributed by atoms with E-state index < -0.39 is 49.5 Å². The number of rotatable bonds is 49. The van der Waals surface area contributed by atoms with E-state index in [0.717, 1.165) is 103 Å². The number of aliphatic hydroxyl groups excluding tert-OH is 5. The Kier molecular flexibility index (Phi) is 45.3. The number of amides is 1. The fourth-order valence-electron chi connectivity index (χ4n) is 8.90. The molecule has 1 heterocycles. The van der Waals surface area contributed by atoms with Gasteiger partial charge in [0.2, 0.25) is 5.91 Å². The maximum Gasteiger partial charge on any atom is 0.305 e. The zero-order valence-corrected chi connectivity index (χ0v) is 44.3. The molecule has 0 aliphatic carbocycles. The van der Waals surface area contributed by atoms with Crippen molar-refractivity contribution in [2.24, 2.45) is 0 Å². The van der Waals surface area contributed by atoms with Gasteiger partial charge in [-0.25, -0.2) is 0 Å². The third-order valence-corrected chi connectivity index (χ3v) is 13.5. The van der Waals surface area contributed by atoms with Crippen molar-refractivity contribution in [2.75, 3.05) is 19.8 Å². The van der Waals surface area contributed by atoms with E-state index in [9.17, 15) is 35.1 Å². The molecule has 1 aliphatic rings. The smallest absolute Gasteiger partial charge is 0.305 e. The predicted octanol–water partition coefficient (Wildman–Crippen LogP) is 12.7. The average molecular weight is 978 g/mol. The van der Waals surface area contributed by atoms with Crippen molar-refractivity contribution in [1.82, 2.24) is 5.32 Å². The molecule has 7 unspecified atom stereocenters. The van der Waals surface area contributed by atoms with Crippen LogP contribution in [0.15, 0.2) is 36.5 Å². The number of ether oxygens (including phenoxy) is 3. The number of carbonyl (C=O) groups is 2. The summed E-state index contributed by atoms with van der Waals surface area (Å²) in [6.07, 6.45) is 47.9. The third-order valence-electron chi connectivity index (χ3n) is 13.5. The summed E-state index contributed by atoms with van der Waals surface area (Å²) in [4.78, 5) is 25.0. The number of unbranched alkanes of at least 4 members (excludes halogenated alkanes) is 32. The fourth-order valence-corrected chi connectivity index (χ4v) is 8.90. The summed E-state index contributed by atoms with van der Waals surface area (Å²) in [5.41, 5.74) is 0. The number of hydrogen-bond donors (Lipinski definition) is 6. The van der Waals surface area contributed by atoms with Crippen molar-refractivity contribution in [3.8, 4) is 0 Å². The molecule has 69 heavy (non-hydrogen) atoms. The van der Waals surface area contributed by atoms with Crippen LogP contribution >= 0.6 is 0 Å². The van der Waals surface area contributed by atoms with Crippen molar-refractivity contribution in [1.29, 1.82) is 0 Å². The van der Waals surface area contributed by atoms with Gasteiger partial charge < -0.3 is 45.1 Å². The molecule has 7 atom stereocenters. The van der Waals surface area contributed by atoms with Crippen molar-refractivity contribution in [3.05, 3.63) is 36.5 Å². The molecule has 1 fully saturated rings. The van der Waals surface area contributed by atoms with E-state index in [-0.39, 0.29) is 18.5 Å². The molecule has 1 saturated heterocycles. The van der Waals surface area contributed by atoms with Crippen LogP contribution in [0.1, 0.15) is 258 Å². The lowest BCUT2D eigenvalue weighted by atomic mass is 9.99. The molecule has 6 N–H and O–H groups in total. The molecule has 404 valence electrons. The van der Waals surface area contributed by atoms with Crippen LogP contribution in [0.3, 0.4) is 0 Å².